The number of nitrogens with zero attached hydrogens (tertiary/aromatic N) is 2. The van der Waals surface area contributed by atoms with Crippen molar-refractivity contribution < 1.29 is 31.6 Å². The minimum Gasteiger partial charge on any atom is -0.455 e. The first-order chi connectivity index (χ1) is 19.0. The van der Waals surface area contributed by atoms with Gasteiger partial charge in [0, 0.05) is 35.7 Å². The Hall–Kier alpha value is -4.71. The van der Waals surface area contributed by atoms with E-state index in [1.165, 1.54) is 34.6 Å². The van der Waals surface area contributed by atoms with Crippen LogP contribution in [0.15, 0.2) is 71.1 Å². The van der Waals surface area contributed by atoms with Crippen LogP contribution in [0.1, 0.15) is 16.8 Å². The summed E-state index contributed by atoms with van der Waals surface area (Å²) in [5, 5.41) is 2.80. The minimum atomic E-state index is -3.86. The molecule has 12 heteroatoms. The van der Waals surface area contributed by atoms with Gasteiger partial charge in [0.1, 0.15) is 17.2 Å². The Balaban J connectivity index is 1.66. The molecule has 4 amide bonds. The van der Waals surface area contributed by atoms with Crippen LogP contribution in [0.3, 0.4) is 0 Å². The topological polar surface area (TPSA) is 143 Å². The van der Waals surface area contributed by atoms with Gasteiger partial charge < -0.3 is 15.5 Å². The summed E-state index contributed by atoms with van der Waals surface area (Å²) in [4.78, 5) is 37.6. The SMILES string of the molecule is CS(=O)(=O)N(CCCN1C(=O)CNC1=O)c1cc2oc(-c3ccc(F)cc3)c(C(N)=O)c2cc1-c1ccccc1. The van der Waals surface area contributed by atoms with E-state index in [1.54, 1.807) is 30.3 Å². The molecule has 0 bridgehead atoms. The van der Waals surface area contributed by atoms with Crippen molar-refractivity contribution in [2.45, 2.75) is 6.42 Å². The van der Waals surface area contributed by atoms with E-state index in [-0.39, 0.29) is 54.6 Å². The zero-order valence-corrected chi connectivity index (χ0v) is 22.2. The number of primary amides is 1. The molecule has 10 nitrogen and oxygen atoms in total. The third-order valence-electron chi connectivity index (χ3n) is 6.59. The van der Waals surface area contributed by atoms with Crippen LogP contribution >= 0.6 is 0 Å². The van der Waals surface area contributed by atoms with Gasteiger partial charge in [-0.25, -0.2) is 17.6 Å². The largest absolute Gasteiger partial charge is 0.455 e. The molecule has 0 saturated carbocycles. The summed E-state index contributed by atoms with van der Waals surface area (Å²) < 4.78 is 46.9. The monoisotopic (exact) mass is 564 g/mol. The van der Waals surface area contributed by atoms with E-state index in [0.29, 0.717) is 22.1 Å². The molecule has 3 aromatic carbocycles. The molecule has 1 aliphatic heterocycles. The first-order valence-electron chi connectivity index (χ1n) is 12.3. The number of benzene rings is 3. The van der Waals surface area contributed by atoms with Crippen LogP contribution in [0.4, 0.5) is 14.9 Å². The lowest BCUT2D eigenvalue weighted by Gasteiger charge is -2.26. The molecule has 0 spiro atoms. The Kier molecular flexibility index (Phi) is 7.03. The number of amides is 4. The van der Waals surface area contributed by atoms with E-state index in [9.17, 15) is 27.2 Å². The van der Waals surface area contributed by atoms with Gasteiger partial charge in [0.25, 0.3) is 5.91 Å². The number of imide groups is 1. The lowest BCUT2D eigenvalue weighted by atomic mass is 9.98. The summed E-state index contributed by atoms with van der Waals surface area (Å²) in [7, 11) is -3.86. The van der Waals surface area contributed by atoms with Gasteiger partial charge in [0.05, 0.1) is 24.1 Å². The van der Waals surface area contributed by atoms with Crippen LogP contribution in [-0.2, 0) is 14.8 Å². The fourth-order valence-corrected chi connectivity index (χ4v) is 5.72. The minimum absolute atomic E-state index is 0.0287. The number of nitrogens with two attached hydrogens (primary N) is 1. The maximum atomic E-state index is 13.6. The highest BCUT2D eigenvalue weighted by Gasteiger charge is 2.30. The normalized spacial score (nSPS) is 13.6. The highest BCUT2D eigenvalue weighted by atomic mass is 32.2. The number of sulfonamides is 1. The standard InChI is InChI=1S/C28H25FN4O6S/c1-40(37,38)33(13-5-12-32-24(34)16-31-28(32)36)22-15-23-21(14-20(22)17-6-3-2-4-7-17)25(27(30)35)26(39-23)18-8-10-19(29)11-9-18/h2-4,6-11,14-15H,5,12-13,16H2,1H3,(H2,30,35)(H,31,36). The molecule has 0 atom stereocenters. The van der Waals surface area contributed by atoms with Crippen LogP contribution < -0.4 is 15.4 Å². The molecule has 0 radical (unpaired) electrons. The second kappa shape index (κ2) is 10.5. The third kappa shape index (κ3) is 5.13. The van der Waals surface area contributed by atoms with Crippen LogP contribution in [0.5, 0.6) is 0 Å². The first kappa shape index (κ1) is 26.9. The van der Waals surface area contributed by atoms with Gasteiger partial charge in [0.15, 0.2) is 0 Å². The zero-order chi connectivity index (χ0) is 28.6. The van der Waals surface area contributed by atoms with Crippen molar-refractivity contribution >= 4 is 44.5 Å². The number of urea groups is 1. The van der Waals surface area contributed by atoms with E-state index < -0.39 is 27.8 Å². The van der Waals surface area contributed by atoms with Crippen LogP contribution in [0, 0.1) is 5.82 Å². The van der Waals surface area contributed by atoms with Gasteiger partial charge >= 0.3 is 6.03 Å². The zero-order valence-electron chi connectivity index (χ0n) is 21.4. The maximum absolute atomic E-state index is 13.6. The van der Waals surface area contributed by atoms with Gasteiger partial charge in [-0.2, -0.15) is 0 Å². The number of carbonyl (C=O) groups is 3. The van der Waals surface area contributed by atoms with E-state index >= 15 is 0 Å². The summed E-state index contributed by atoms with van der Waals surface area (Å²) in [6, 6.07) is 17.0. The molecule has 3 N–H and O–H groups in total. The second-order valence-corrected chi connectivity index (χ2v) is 11.2. The molecular weight excluding hydrogens is 539 g/mol. The summed E-state index contributed by atoms with van der Waals surface area (Å²) in [6.07, 6.45) is 1.23. The quantitative estimate of drug-likeness (QED) is 0.297. The number of anilines is 1. The number of furan rings is 1. The molecule has 0 aliphatic carbocycles. The summed E-state index contributed by atoms with van der Waals surface area (Å²) in [5.41, 5.74) is 7.88. The molecule has 2 heterocycles. The average molecular weight is 565 g/mol. The number of hydrogen-bond donors (Lipinski definition) is 2. The van der Waals surface area contributed by atoms with Crippen molar-refractivity contribution in [1.29, 1.82) is 0 Å². The van der Waals surface area contributed by atoms with Crippen LogP contribution in [-0.4, -0.2) is 57.1 Å². The van der Waals surface area contributed by atoms with Gasteiger partial charge in [-0.1, -0.05) is 30.3 Å². The van der Waals surface area contributed by atoms with Crippen molar-refractivity contribution in [2.75, 3.05) is 30.2 Å². The maximum Gasteiger partial charge on any atom is 0.324 e. The molecule has 4 aromatic rings. The molecule has 1 aliphatic rings. The van der Waals surface area contributed by atoms with Gasteiger partial charge in [-0.15, -0.1) is 0 Å². The predicted octanol–water partition coefficient (Wildman–Crippen LogP) is 3.71. The van der Waals surface area contributed by atoms with Crippen LogP contribution in [0.2, 0.25) is 0 Å². The van der Waals surface area contributed by atoms with E-state index in [4.69, 9.17) is 10.2 Å². The molecule has 206 valence electrons. The smallest absolute Gasteiger partial charge is 0.324 e. The summed E-state index contributed by atoms with van der Waals surface area (Å²) in [5.74, 6) is -1.49. The Bertz CT molecular complexity index is 1720. The van der Waals surface area contributed by atoms with Crippen molar-refractivity contribution in [1.82, 2.24) is 10.2 Å². The highest BCUT2D eigenvalue weighted by Crippen LogP contribution is 2.41. The third-order valence-corrected chi connectivity index (χ3v) is 7.77. The van der Waals surface area contributed by atoms with Crippen molar-refractivity contribution in [2.24, 2.45) is 5.73 Å². The van der Waals surface area contributed by atoms with Crippen molar-refractivity contribution in [3.8, 4) is 22.5 Å². The molecule has 1 saturated heterocycles. The molecule has 40 heavy (non-hydrogen) atoms. The van der Waals surface area contributed by atoms with E-state index in [2.05, 4.69) is 5.32 Å². The van der Waals surface area contributed by atoms with E-state index in [0.717, 1.165) is 11.2 Å². The Labute approximate surface area is 229 Å². The Morgan fingerprint density at radius 1 is 1.07 bits per heavy atom. The molecule has 5 rings (SSSR count). The van der Waals surface area contributed by atoms with Gasteiger partial charge in [0.2, 0.25) is 15.9 Å². The Morgan fingerprint density at radius 3 is 2.38 bits per heavy atom. The molecule has 1 aromatic heterocycles. The van der Waals surface area contributed by atoms with Gasteiger partial charge in [-0.3, -0.25) is 18.8 Å². The summed E-state index contributed by atoms with van der Waals surface area (Å²) >= 11 is 0. The number of halogens is 1. The number of hydrogen-bond acceptors (Lipinski definition) is 6. The molecule has 1 fully saturated rings. The fraction of sp³-hybridized carbons (Fsp3) is 0.179. The first-order valence-corrected chi connectivity index (χ1v) is 14.2. The number of rotatable bonds is 9. The second-order valence-electron chi connectivity index (χ2n) is 9.30. The number of fused-ring (bicyclic) bond motifs is 1. The lowest BCUT2D eigenvalue weighted by Crippen LogP contribution is -2.36. The van der Waals surface area contributed by atoms with E-state index in [1.807, 2.05) is 6.07 Å². The number of nitrogens with one attached hydrogen (secondary N) is 1. The lowest BCUT2D eigenvalue weighted by molar-refractivity contribution is -0.125. The fourth-order valence-electron chi connectivity index (χ4n) is 4.76. The van der Waals surface area contributed by atoms with Crippen LogP contribution in [0.25, 0.3) is 33.4 Å². The summed E-state index contributed by atoms with van der Waals surface area (Å²) in [6.45, 7) is -0.114. The van der Waals surface area contributed by atoms with Crippen molar-refractivity contribution in [3.05, 3.63) is 78.1 Å². The predicted molar refractivity (Wildman–Crippen MR) is 147 cm³/mol. The molecular formula is C28H25FN4O6S. The Morgan fingerprint density at radius 2 is 1.77 bits per heavy atom. The highest BCUT2D eigenvalue weighted by molar-refractivity contribution is 7.92. The van der Waals surface area contributed by atoms with Gasteiger partial charge in [-0.05, 0) is 42.3 Å². The van der Waals surface area contributed by atoms with Crippen molar-refractivity contribution in [3.63, 3.8) is 0 Å². The number of carbonyl (C=O) groups excluding carboxylic acids is 3. The molecule has 0 unspecified atom stereocenters. The average Bonchev–Trinajstić information content (AvgIpc) is 3.45.